The Morgan fingerprint density at radius 3 is 2.33 bits per heavy atom. The number of hydrogen-bond acceptors (Lipinski definition) is 7. The molecule has 2 saturated heterocycles. The highest BCUT2D eigenvalue weighted by Gasteiger charge is 2.26. The summed E-state index contributed by atoms with van der Waals surface area (Å²) >= 11 is 7.18. The minimum atomic E-state index is -0.151. The maximum absolute atomic E-state index is 12.8. The molecule has 3 aromatic rings. The molecule has 0 bridgehead atoms. The molecule has 172 valence electrons. The van der Waals surface area contributed by atoms with Gasteiger partial charge in [0.2, 0.25) is 5.78 Å². The van der Waals surface area contributed by atoms with Crippen LogP contribution in [0.15, 0.2) is 48.5 Å². The van der Waals surface area contributed by atoms with E-state index in [1.807, 2.05) is 0 Å². The number of halogens is 1. The quantitative estimate of drug-likeness (QED) is 0.458. The van der Waals surface area contributed by atoms with Gasteiger partial charge in [-0.05, 0) is 87.3 Å². The van der Waals surface area contributed by atoms with Gasteiger partial charge >= 0.3 is 0 Å². The molecule has 5 rings (SSSR count). The van der Waals surface area contributed by atoms with Crippen LogP contribution in [0, 0.1) is 0 Å². The van der Waals surface area contributed by atoms with Crippen molar-refractivity contribution < 1.29 is 4.79 Å². The standard InChI is InChI=1S/C25H28ClN5OS/c26-18-5-3-17(4-6-18)22(32)23-24(27)29-25(33-23)28-19-7-9-20(10-8-19)31-15-11-21(12-16-31)30-13-1-2-14-30/h3-10,21H,1-2,11-16,27H2,(H,28,29). The fourth-order valence-electron chi connectivity index (χ4n) is 4.76. The summed E-state index contributed by atoms with van der Waals surface area (Å²) in [5.74, 6) is 0.0855. The summed E-state index contributed by atoms with van der Waals surface area (Å²) in [6, 6.07) is 16.0. The van der Waals surface area contributed by atoms with Crippen molar-refractivity contribution in [3.8, 4) is 0 Å². The summed E-state index contributed by atoms with van der Waals surface area (Å²) in [6.07, 6.45) is 5.19. The molecule has 2 aliphatic heterocycles. The second-order valence-electron chi connectivity index (χ2n) is 8.70. The van der Waals surface area contributed by atoms with Crippen LogP contribution in [0.4, 0.5) is 22.3 Å². The van der Waals surface area contributed by atoms with Gasteiger partial charge in [0.1, 0.15) is 10.7 Å². The minimum Gasteiger partial charge on any atom is -0.382 e. The first kappa shape index (κ1) is 22.2. The highest BCUT2D eigenvalue weighted by atomic mass is 35.5. The number of anilines is 4. The minimum absolute atomic E-state index is 0.151. The van der Waals surface area contributed by atoms with Crippen LogP contribution in [0.25, 0.3) is 0 Å². The monoisotopic (exact) mass is 481 g/mol. The Balaban J connectivity index is 1.20. The van der Waals surface area contributed by atoms with Gasteiger partial charge in [-0.25, -0.2) is 4.98 Å². The van der Waals surface area contributed by atoms with E-state index in [-0.39, 0.29) is 11.6 Å². The second-order valence-corrected chi connectivity index (χ2v) is 10.1. The molecule has 0 atom stereocenters. The molecule has 0 amide bonds. The number of aromatic nitrogens is 1. The molecule has 0 unspecified atom stereocenters. The van der Waals surface area contributed by atoms with Crippen LogP contribution in [0.3, 0.4) is 0 Å². The summed E-state index contributed by atoms with van der Waals surface area (Å²) < 4.78 is 0. The van der Waals surface area contributed by atoms with Crippen LogP contribution in [-0.2, 0) is 0 Å². The summed E-state index contributed by atoms with van der Waals surface area (Å²) in [6.45, 7) is 4.76. The highest BCUT2D eigenvalue weighted by molar-refractivity contribution is 7.18. The SMILES string of the molecule is Nc1nc(Nc2ccc(N3CCC(N4CCCC4)CC3)cc2)sc1C(=O)c1ccc(Cl)cc1. The number of carbonyl (C=O) groups excluding carboxylic acids is 1. The first-order chi connectivity index (χ1) is 16.1. The van der Waals surface area contributed by atoms with E-state index >= 15 is 0 Å². The molecule has 33 heavy (non-hydrogen) atoms. The third kappa shape index (κ3) is 5.00. The summed E-state index contributed by atoms with van der Waals surface area (Å²) in [5.41, 5.74) is 8.75. The third-order valence-electron chi connectivity index (χ3n) is 6.57. The van der Waals surface area contributed by atoms with Gasteiger partial charge in [0.15, 0.2) is 5.13 Å². The van der Waals surface area contributed by atoms with Crippen molar-refractivity contribution >= 4 is 51.0 Å². The highest BCUT2D eigenvalue weighted by Crippen LogP contribution is 2.31. The molecule has 2 aliphatic rings. The maximum Gasteiger partial charge on any atom is 0.206 e. The molecule has 2 fully saturated rings. The number of rotatable bonds is 6. The fraction of sp³-hybridized carbons (Fsp3) is 0.360. The number of likely N-dealkylation sites (tertiary alicyclic amines) is 1. The number of nitrogen functional groups attached to an aromatic ring is 1. The zero-order valence-corrected chi connectivity index (χ0v) is 20.0. The lowest BCUT2D eigenvalue weighted by Gasteiger charge is -2.37. The van der Waals surface area contributed by atoms with Crippen molar-refractivity contribution in [2.45, 2.75) is 31.7 Å². The number of thiazole rings is 1. The van der Waals surface area contributed by atoms with Gasteiger partial charge in [0, 0.05) is 41.1 Å². The molecule has 0 spiro atoms. The average Bonchev–Trinajstić information content (AvgIpc) is 3.50. The summed E-state index contributed by atoms with van der Waals surface area (Å²) in [7, 11) is 0. The Morgan fingerprint density at radius 1 is 1.00 bits per heavy atom. The number of nitrogens with one attached hydrogen (secondary N) is 1. The Hall–Kier alpha value is -2.61. The van der Waals surface area contributed by atoms with Crippen LogP contribution in [0.2, 0.25) is 5.02 Å². The molecule has 8 heteroatoms. The molecule has 1 aromatic heterocycles. The summed E-state index contributed by atoms with van der Waals surface area (Å²) in [5, 5.41) is 4.47. The van der Waals surface area contributed by atoms with Gasteiger partial charge < -0.3 is 20.9 Å². The lowest BCUT2D eigenvalue weighted by molar-refractivity contribution is 0.104. The van der Waals surface area contributed by atoms with Gasteiger partial charge in [-0.1, -0.05) is 22.9 Å². The second kappa shape index (κ2) is 9.71. The number of ketones is 1. The first-order valence-electron chi connectivity index (χ1n) is 11.5. The first-order valence-corrected chi connectivity index (χ1v) is 12.7. The van der Waals surface area contributed by atoms with E-state index in [0.717, 1.165) is 24.8 Å². The van der Waals surface area contributed by atoms with Gasteiger partial charge in [-0.2, -0.15) is 0 Å². The number of nitrogens with zero attached hydrogens (tertiary/aromatic N) is 3. The zero-order valence-electron chi connectivity index (χ0n) is 18.5. The van der Waals surface area contributed by atoms with E-state index < -0.39 is 0 Å². The largest absolute Gasteiger partial charge is 0.382 e. The van der Waals surface area contributed by atoms with E-state index in [1.165, 1.54) is 55.8 Å². The van der Waals surface area contributed by atoms with Gasteiger partial charge in [-0.3, -0.25) is 4.79 Å². The molecule has 2 aromatic carbocycles. The number of carbonyl (C=O) groups is 1. The zero-order chi connectivity index (χ0) is 22.8. The van der Waals surface area contributed by atoms with E-state index in [2.05, 4.69) is 44.4 Å². The van der Waals surface area contributed by atoms with Crippen molar-refractivity contribution in [1.82, 2.24) is 9.88 Å². The molecule has 0 aliphatic carbocycles. The normalized spacial score (nSPS) is 17.4. The number of benzene rings is 2. The molecule has 3 heterocycles. The van der Waals surface area contributed by atoms with E-state index in [0.29, 0.717) is 20.6 Å². The van der Waals surface area contributed by atoms with Gasteiger partial charge in [0.05, 0.1) is 0 Å². The van der Waals surface area contributed by atoms with Crippen LogP contribution in [-0.4, -0.2) is 47.9 Å². The summed E-state index contributed by atoms with van der Waals surface area (Å²) in [4.78, 5) is 22.7. The molecular weight excluding hydrogens is 454 g/mol. The molecular formula is C25H28ClN5OS. The maximum atomic E-state index is 12.8. The fourth-order valence-corrected chi connectivity index (χ4v) is 5.75. The van der Waals surface area contributed by atoms with Crippen LogP contribution in [0.1, 0.15) is 40.9 Å². The van der Waals surface area contributed by atoms with Gasteiger partial charge in [0.25, 0.3) is 0 Å². The van der Waals surface area contributed by atoms with Crippen molar-refractivity contribution in [1.29, 1.82) is 0 Å². The van der Waals surface area contributed by atoms with Crippen molar-refractivity contribution in [3.05, 3.63) is 64.0 Å². The molecule has 0 saturated carbocycles. The molecule has 6 nitrogen and oxygen atoms in total. The number of piperidine rings is 1. The lowest BCUT2D eigenvalue weighted by Crippen LogP contribution is -2.43. The molecule has 3 N–H and O–H groups in total. The number of hydrogen-bond donors (Lipinski definition) is 2. The Kier molecular flexibility index (Phi) is 6.53. The predicted octanol–water partition coefficient (Wildman–Crippen LogP) is 5.42. The van der Waals surface area contributed by atoms with E-state index in [4.69, 9.17) is 17.3 Å². The Labute approximate surface area is 203 Å². The smallest absolute Gasteiger partial charge is 0.206 e. The average molecular weight is 482 g/mol. The van der Waals surface area contributed by atoms with Crippen molar-refractivity contribution in [2.75, 3.05) is 42.1 Å². The topological polar surface area (TPSA) is 74.5 Å². The predicted molar refractivity (Wildman–Crippen MR) is 137 cm³/mol. The number of nitrogens with two attached hydrogens (primary N) is 1. The van der Waals surface area contributed by atoms with Gasteiger partial charge in [-0.15, -0.1) is 0 Å². The van der Waals surface area contributed by atoms with Crippen LogP contribution >= 0.6 is 22.9 Å². The third-order valence-corrected chi connectivity index (χ3v) is 7.81. The van der Waals surface area contributed by atoms with Crippen molar-refractivity contribution in [3.63, 3.8) is 0 Å². The lowest BCUT2D eigenvalue weighted by atomic mass is 10.0. The van der Waals surface area contributed by atoms with E-state index in [9.17, 15) is 4.79 Å². The molecule has 0 radical (unpaired) electrons. The van der Waals surface area contributed by atoms with Crippen LogP contribution in [0.5, 0.6) is 0 Å². The Bertz CT molecular complexity index is 1100. The Morgan fingerprint density at radius 2 is 1.67 bits per heavy atom. The van der Waals surface area contributed by atoms with Crippen LogP contribution < -0.4 is 16.0 Å². The van der Waals surface area contributed by atoms with Crippen molar-refractivity contribution in [2.24, 2.45) is 0 Å². The van der Waals surface area contributed by atoms with E-state index in [1.54, 1.807) is 24.3 Å².